The molecule has 0 saturated carbocycles. The van der Waals surface area contributed by atoms with E-state index in [1.165, 1.54) is 20.9 Å². The monoisotopic (exact) mass is 422 g/mol. The number of pyridine rings is 2. The summed E-state index contributed by atoms with van der Waals surface area (Å²) in [4.78, 5) is 11.9. The van der Waals surface area contributed by atoms with Gasteiger partial charge in [-0.1, -0.05) is 24.3 Å². The minimum Gasteiger partial charge on any atom is -0.254 e. The van der Waals surface area contributed by atoms with Crippen LogP contribution in [-0.2, 0) is 0 Å². The van der Waals surface area contributed by atoms with Crippen LogP contribution in [0.25, 0.3) is 42.7 Å². The van der Waals surface area contributed by atoms with Gasteiger partial charge in [-0.2, -0.15) is 0 Å². The third-order valence-electron chi connectivity index (χ3n) is 4.23. The standard InChI is InChI=1S/C20H11BrN2S2/c21-18-11-15(17-4-2-10-25-17)14-6-5-13-12(16-3-1-9-24-16)7-8-22-19(13)20(14)23-18/h1-11H. The molecule has 120 valence electrons. The molecule has 0 bridgehead atoms. The third-order valence-corrected chi connectivity index (χ3v) is 6.44. The van der Waals surface area contributed by atoms with Gasteiger partial charge >= 0.3 is 0 Å². The van der Waals surface area contributed by atoms with Crippen LogP contribution in [-0.4, -0.2) is 9.97 Å². The van der Waals surface area contributed by atoms with Gasteiger partial charge in [0.2, 0.25) is 0 Å². The molecule has 0 aliphatic rings. The maximum Gasteiger partial charge on any atom is 0.107 e. The number of nitrogens with zero attached hydrogens (tertiary/aromatic N) is 2. The normalized spacial score (nSPS) is 11.4. The molecule has 25 heavy (non-hydrogen) atoms. The number of thiophene rings is 2. The zero-order valence-corrected chi connectivity index (χ0v) is 16.2. The number of halogens is 1. The smallest absolute Gasteiger partial charge is 0.107 e. The van der Waals surface area contributed by atoms with Crippen molar-refractivity contribution in [3.63, 3.8) is 0 Å². The molecule has 0 N–H and O–H groups in total. The highest BCUT2D eigenvalue weighted by atomic mass is 79.9. The summed E-state index contributed by atoms with van der Waals surface area (Å²) in [5.41, 5.74) is 4.29. The molecule has 0 spiro atoms. The molecule has 1 aromatic carbocycles. The van der Waals surface area contributed by atoms with Crippen molar-refractivity contribution in [1.29, 1.82) is 0 Å². The molecule has 0 aliphatic carbocycles. The first-order chi connectivity index (χ1) is 12.3. The zero-order valence-electron chi connectivity index (χ0n) is 12.9. The number of aromatic nitrogens is 2. The highest BCUT2D eigenvalue weighted by molar-refractivity contribution is 9.10. The highest BCUT2D eigenvalue weighted by Gasteiger charge is 2.14. The van der Waals surface area contributed by atoms with Crippen molar-refractivity contribution in [2.24, 2.45) is 0 Å². The molecular weight excluding hydrogens is 412 g/mol. The Morgan fingerprint density at radius 1 is 0.760 bits per heavy atom. The molecule has 2 nitrogen and oxygen atoms in total. The van der Waals surface area contributed by atoms with Gasteiger partial charge in [-0.15, -0.1) is 22.7 Å². The van der Waals surface area contributed by atoms with Gasteiger partial charge in [-0.3, -0.25) is 4.98 Å². The lowest BCUT2D eigenvalue weighted by atomic mass is 10.0. The van der Waals surface area contributed by atoms with E-state index in [1.807, 2.05) is 6.20 Å². The fourth-order valence-corrected chi connectivity index (χ4v) is 5.08. The fourth-order valence-electron chi connectivity index (χ4n) is 3.15. The second kappa shape index (κ2) is 6.02. The van der Waals surface area contributed by atoms with Crippen LogP contribution in [0.15, 0.2) is 70.1 Å². The maximum atomic E-state index is 4.76. The summed E-state index contributed by atoms with van der Waals surface area (Å²) in [6.45, 7) is 0. The van der Waals surface area contributed by atoms with Crippen LogP contribution in [0, 0.1) is 0 Å². The quantitative estimate of drug-likeness (QED) is 0.226. The summed E-state index contributed by atoms with van der Waals surface area (Å²) < 4.78 is 0.833. The SMILES string of the molecule is Brc1cc(-c2cccs2)c2ccc3c(-c4cccs4)ccnc3c2n1. The summed E-state index contributed by atoms with van der Waals surface area (Å²) in [7, 11) is 0. The van der Waals surface area contributed by atoms with E-state index in [4.69, 9.17) is 4.98 Å². The van der Waals surface area contributed by atoms with Crippen molar-refractivity contribution < 1.29 is 0 Å². The Morgan fingerprint density at radius 2 is 1.44 bits per heavy atom. The number of fused-ring (bicyclic) bond motifs is 3. The Labute approximate surface area is 160 Å². The molecule has 0 unspecified atom stereocenters. The van der Waals surface area contributed by atoms with Crippen LogP contribution in [0.5, 0.6) is 0 Å². The van der Waals surface area contributed by atoms with Crippen LogP contribution in [0.2, 0.25) is 0 Å². The molecule has 0 amide bonds. The molecule has 0 fully saturated rings. The van der Waals surface area contributed by atoms with Crippen molar-refractivity contribution in [3.05, 3.63) is 70.1 Å². The Morgan fingerprint density at radius 3 is 2.12 bits per heavy atom. The highest BCUT2D eigenvalue weighted by Crippen LogP contribution is 2.38. The lowest BCUT2D eigenvalue weighted by Crippen LogP contribution is -1.90. The van der Waals surface area contributed by atoms with Gasteiger partial charge in [-0.05, 0) is 51.0 Å². The Kier molecular flexibility index (Phi) is 3.66. The van der Waals surface area contributed by atoms with Crippen molar-refractivity contribution in [2.45, 2.75) is 0 Å². The van der Waals surface area contributed by atoms with Crippen LogP contribution < -0.4 is 0 Å². The molecule has 5 heteroatoms. The van der Waals surface area contributed by atoms with E-state index in [-0.39, 0.29) is 0 Å². The van der Waals surface area contributed by atoms with Gasteiger partial charge in [0, 0.05) is 37.9 Å². The second-order valence-electron chi connectivity index (χ2n) is 5.66. The Bertz CT molecular complexity index is 1200. The van der Waals surface area contributed by atoms with Crippen LogP contribution in [0.3, 0.4) is 0 Å². The molecule has 0 radical (unpaired) electrons. The molecule has 5 rings (SSSR count). The minimum atomic E-state index is 0.833. The van der Waals surface area contributed by atoms with Gasteiger partial charge in [0.15, 0.2) is 0 Å². The van der Waals surface area contributed by atoms with Crippen molar-refractivity contribution in [3.8, 4) is 20.9 Å². The summed E-state index contributed by atoms with van der Waals surface area (Å²) in [6.07, 6.45) is 1.88. The number of hydrogen-bond acceptors (Lipinski definition) is 4. The predicted octanol–water partition coefficient (Wildman–Crippen LogP) is 7.00. The number of rotatable bonds is 2. The summed E-state index contributed by atoms with van der Waals surface area (Å²) in [6, 6.07) is 17.0. The molecule has 0 saturated heterocycles. The summed E-state index contributed by atoms with van der Waals surface area (Å²) >= 11 is 7.06. The number of hydrogen-bond donors (Lipinski definition) is 0. The minimum absolute atomic E-state index is 0.833. The van der Waals surface area contributed by atoms with Crippen molar-refractivity contribution in [1.82, 2.24) is 9.97 Å². The zero-order chi connectivity index (χ0) is 16.8. The predicted molar refractivity (Wildman–Crippen MR) is 111 cm³/mol. The van der Waals surface area contributed by atoms with E-state index in [9.17, 15) is 0 Å². The molecule has 4 heterocycles. The Hall–Kier alpha value is -2.08. The van der Waals surface area contributed by atoms with Crippen molar-refractivity contribution in [2.75, 3.05) is 0 Å². The first-order valence-electron chi connectivity index (χ1n) is 7.77. The molecule has 0 atom stereocenters. The molecule has 5 aromatic rings. The van der Waals surface area contributed by atoms with E-state index >= 15 is 0 Å². The van der Waals surface area contributed by atoms with E-state index < -0.39 is 0 Å². The van der Waals surface area contributed by atoms with Gasteiger partial charge in [0.05, 0.1) is 11.0 Å². The van der Waals surface area contributed by atoms with Gasteiger partial charge in [-0.25, -0.2) is 4.98 Å². The Balaban J connectivity index is 1.89. The van der Waals surface area contributed by atoms with Gasteiger partial charge in [0.25, 0.3) is 0 Å². The molecule has 4 aromatic heterocycles. The third kappa shape index (κ3) is 2.51. The van der Waals surface area contributed by atoms with E-state index in [0.29, 0.717) is 0 Å². The van der Waals surface area contributed by atoms with Crippen LogP contribution in [0.4, 0.5) is 0 Å². The number of benzene rings is 1. The van der Waals surface area contributed by atoms with Crippen molar-refractivity contribution >= 4 is 60.4 Å². The van der Waals surface area contributed by atoms with Crippen LogP contribution >= 0.6 is 38.6 Å². The van der Waals surface area contributed by atoms with Gasteiger partial charge in [0.1, 0.15) is 4.60 Å². The largest absolute Gasteiger partial charge is 0.254 e. The van der Waals surface area contributed by atoms with E-state index in [0.717, 1.165) is 26.4 Å². The maximum absolute atomic E-state index is 4.76. The average molecular weight is 423 g/mol. The first-order valence-corrected chi connectivity index (χ1v) is 10.3. The lowest BCUT2D eigenvalue weighted by molar-refractivity contribution is 1.34. The summed E-state index contributed by atoms with van der Waals surface area (Å²) in [5.74, 6) is 0. The lowest BCUT2D eigenvalue weighted by Gasteiger charge is -2.10. The topological polar surface area (TPSA) is 25.8 Å². The van der Waals surface area contributed by atoms with E-state index in [2.05, 4.69) is 80.2 Å². The second-order valence-corrected chi connectivity index (χ2v) is 8.37. The van der Waals surface area contributed by atoms with Crippen LogP contribution in [0.1, 0.15) is 0 Å². The van der Waals surface area contributed by atoms with E-state index in [1.54, 1.807) is 22.7 Å². The first kappa shape index (κ1) is 15.2. The fraction of sp³-hybridized carbons (Fsp3) is 0. The molecular formula is C20H11BrN2S2. The molecule has 0 aliphatic heterocycles. The van der Waals surface area contributed by atoms with Gasteiger partial charge < -0.3 is 0 Å². The average Bonchev–Trinajstić information content (AvgIpc) is 3.34. The summed E-state index contributed by atoms with van der Waals surface area (Å²) in [5, 5.41) is 6.48.